The lowest BCUT2D eigenvalue weighted by molar-refractivity contribution is -0.133. The zero-order valence-electron chi connectivity index (χ0n) is 13.0. The van der Waals surface area contributed by atoms with Gasteiger partial charge in [-0.2, -0.15) is 4.31 Å². The number of amides is 1. The number of likely N-dealkylation sites (N-methyl/N-ethyl adjacent to an activating group) is 1. The van der Waals surface area contributed by atoms with Crippen LogP contribution in [-0.4, -0.2) is 75.2 Å². The second kappa shape index (κ2) is 7.12. The molecular weight excluding hydrogens is 345 g/mol. The van der Waals surface area contributed by atoms with E-state index in [-0.39, 0.29) is 43.7 Å². The van der Waals surface area contributed by atoms with Gasteiger partial charge in [-0.25, -0.2) is 12.8 Å². The van der Waals surface area contributed by atoms with Gasteiger partial charge in [0.05, 0.1) is 11.6 Å². The number of halogens is 2. The zero-order valence-corrected chi connectivity index (χ0v) is 14.6. The van der Waals surface area contributed by atoms with Gasteiger partial charge in [0.1, 0.15) is 4.90 Å². The molecule has 1 aromatic rings. The highest BCUT2D eigenvalue weighted by molar-refractivity contribution is 7.89. The topological polar surface area (TPSA) is 60.9 Å². The van der Waals surface area contributed by atoms with Crippen LogP contribution in [0.1, 0.15) is 0 Å². The molecule has 0 saturated carbocycles. The van der Waals surface area contributed by atoms with E-state index in [0.717, 1.165) is 0 Å². The van der Waals surface area contributed by atoms with E-state index in [1.807, 2.05) is 0 Å². The molecule has 1 aliphatic rings. The fraction of sp³-hybridized carbons (Fsp3) is 0.500. The number of nitrogens with zero attached hydrogens (tertiary/aromatic N) is 3. The summed E-state index contributed by atoms with van der Waals surface area (Å²) in [7, 11) is -0.377. The van der Waals surface area contributed by atoms with Crippen LogP contribution >= 0.6 is 11.6 Å². The third kappa shape index (κ3) is 4.00. The number of rotatable bonds is 4. The molecule has 9 heteroatoms. The Morgan fingerprint density at radius 3 is 2.43 bits per heavy atom. The Morgan fingerprint density at radius 2 is 1.87 bits per heavy atom. The minimum absolute atomic E-state index is 0.0546. The molecule has 0 spiro atoms. The first-order valence-electron chi connectivity index (χ1n) is 7.10. The molecule has 1 aliphatic heterocycles. The van der Waals surface area contributed by atoms with Gasteiger partial charge in [0.2, 0.25) is 15.9 Å². The van der Waals surface area contributed by atoms with Crippen molar-refractivity contribution in [3.63, 3.8) is 0 Å². The van der Waals surface area contributed by atoms with Crippen molar-refractivity contribution in [3.05, 3.63) is 29.0 Å². The normalized spacial score (nSPS) is 16.8. The van der Waals surface area contributed by atoms with Gasteiger partial charge in [0, 0.05) is 26.2 Å². The minimum atomic E-state index is -3.96. The number of piperazine rings is 1. The number of sulfonamides is 1. The molecule has 0 radical (unpaired) electrons. The Balaban J connectivity index is 2.10. The first-order chi connectivity index (χ1) is 10.7. The van der Waals surface area contributed by atoms with E-state index in [4.69, 9.17) is 11.6 Å². The molecule has 0 bridgehead atoms. The van der Waals surface area contributed by atoms with E-state index in [9.17, 15) is 17.6 Å². The van der Waals surface area contributed by atoms with Crippen molar-refractivity contribution in [2.24, 2.45) is 0 Å². The Bertz CT molecular complexity index is 689. The van der Waals surface area contributed by atoms with E-state index < -0.39 is 20.7 Å². The summed E-state index contributed by atoms with van der Waals surface area (Å²) in [6, 6.07) is 3.89. The number of carbonyl (C=O) groups is 1. The monoisotopic (exact) mass is 363 g/mol. The van der Waals surface area contributed by atoms with Crippen LogP contribution in [0.5, 0.6) is 0 Å². The van der Waals surface area contributed by atoms with Gasteiger partial charge >= 0.3 is 0 Å². The van der Waals surface area contributed by atoms with Crippen molar-refractivity contribution in [1.29, 1.82) is 0 Å². The first-order valence-corrected chi connectivity index (χ1v) is 8.92. The predicted octanol–water partition coefficient (Wildman–Crippen LogP) is 0.874. The molecule has 23 heavy (non-hydrogen) atoms. The van der Waals surface area contributed by atoms with Crippen molar-refractivity contribution in [3.8, 4) is 0 Å². The Labute approximate surface area is 140 Å². The minimum Gasteiger partial charge on any atom is -0.339 e. The summed E-state index contributed by atoms with van der Waals surface area (Å²) in [5.41, 5.74) is 0. The smallest absolute Gasteiger partial charge is 0.246 e. The first kappa shape index (κ1) is 18.1. The van der Waals surface area contributed by atoms with Crippen LogP contribution in [0.2, 0.25) is 5.02 Å². The van der Waals surface area contributed by atoms with E-state index >= 15 is 0 Å². The summed E-state index contributed by atoms with van der Waals surface area (Å²) >= 11 is 5.66. The molecule has 0 aromatic heterocycles. The van der Waals surface area contributed by atoms with Crippen LogP contribution in [0, 0.1) is 5.82 Å². The number of benzene rings is 1. The fourth-order valence-electron chi connectivity index (χ4n) is 2.37. The Hall–Kier alpha value is -1.22. The molecule has 0 unspecified atom stereocenters. The third-order valence-corrected chi connectivity index (χ3v) is 5.78. The Morgan fingerprint density at radius 1 is 1.26 bits per heavy atom. The summed E-state index contributed by atoms with van der Waals surface area (Å²) < 4.78 is 40.2. The molecule has 0 N–H and O–H groups in total. The van der Waals surface area contributed by atoms with Gasteiger partial charge in [-0.1, -0.05) is 17.7 Å². The third-order valence-electron chi connectivity index (χ3n) is 3.58. The van der Waals surface area contributed by atoms with E-state index in [0.29, 0.717) is 0 Å². The average Bonchev–Trinajstić information content (AvgIpc) is 2.49. The van der Waals surface area contributed by atoms with Crippen molar-refractivity contribution in [1.82, 2.24) is 14.1 Å². The largest absolute Gasteiger partial charge is 0.339 e. The van der Waals surface area contributed by atoms with Crippen LogP contribution in [0.15, 0.2) is 23.1 Å². The van der Waals surface area contributed by atoms with Gasteiger partial charge in [-0.05, 0) is 26.2 Å². The van der Waals surface area contributed by atoms with Gasteiger partial charge in [-0.15, -0.1) is 0 Å². The van der Waals surface area contributed by atoms with Gasteiger partial charge < -0.3 is 9.80 Å². The fourth-order valence-corrected chi connectivity index (χ4v) is 4.11. The standard InChI is InChI=1S/C14H19ClFN3O3S/c1-17(2)10-13(20)18-6-8-19(9-7-18)23(21,22)12-5-3-4-11(15)14(12)16/h3-5H,6-10H2,1-2H3. The summed E-state index contributed by atoms with van der Waals surface area (Å²) in [6.07, 6.45) is 0. The van der Waals surface area contributed by atoms with Gasteiger partial charge in [-0.3, -0.25) is 4.79 Å². The zero-order chi connectivity index (χ0) is 17.2. The maximum Gasteiger partial charge on any atom is 0.246 e. The van der Waals surface area contributed by atoms with E-state index in [1.54, 1.807) is 23.9 Å². The van der Waals surface area contributed by atoms with Crippen molar-refractivity contribution >= 4 is 27.5 Å². The average molecular weight is 364 g/mol. The highest BCUT2D eigenvalue weighted by Gasteiger charge is 2.32. The summed E-state index contributed by atoms with van der Waals surface area (Å²) in [6.45, 7) is 1.11. The molecule has 1 heterocycles. The highest BCUT2D eigenvalue weighted by atomic mass is 35.5. The summed E-state index contributed by atoms with van der Waals surface area (Å²) in [5, 5.41) is -0.231. The highest BCUT2D eigenvalue weighted by Crippen LogP contribution is 2.25. The van der Waals surface area contributed by atoms with Crippen molar-refractivity contribution < 1.29 is 17.6 Å². The molecule has 1 fully saturated rings. The van der Waals surface area contributed by atoms with Crippen LogP contribution in [0.4, 0.5) is 4.39 Å². The summed E-state index contributed by atoms with van der Waals surface area (Å²) in [5.74, 6) is -0.999. The quantitative estimate of drug-likeness (QED) is 0.796. The van der Waals surface area contributed by atoms with Crippen LogP contribution < -0.4 is 0 Å². The molecule has 2 rings (SSSR count). The molecule has 0 atom stereocenters. The van der Waals surface area contributed by atoms with Gasteiger partial charge in [0.25, 0.3) is 0 Å². The molecular formula is C14H19ClFN3O3S. The molecule has 0 aliphatic carbocycles. The maximum absolute atomic E-state index is 14.0. The molecule has 6 nitrogen and oxygen atoms in total. The molecule has 1 saturated heterocycles. The van der Waals surface area contributed by atoms with Crippen LogP contribution in [0.25, 0.3) is 0 Å². The lowest BCUT2D eigenvalue weighted by Gasteiger charge is -2.34. The van der Waals surface area contributed by atoms with Crippen LogP contribution in [-0.2, 0) is 14.8 Å². The van der Waals surface area contributed by atoms with Crippen molar-refractivity contribution in [2.75, 3.05) is 46.8 Å². The molecule has 1 aromatic carbocycles. The van der Waals surface area contributed by atoms with E-state index in [2.05, 4.69) is 0 Å². The van der Waals surface area contributed by atoms with E-state index in [1.165, 1.54) is 22.5 Å². The number of hydrogen-bond donors (Lipinski definition) is 0. The number of carbonyl (C=O) groups excluding carboxylic acids is 1. The van der Waals surface area contributed by atoms with Gasteiger partial charge in [0.15, 0.2) is 5.82 Å². The predicted molar refractivity (Wildman–Crippen MR) is 85.3 cm³/mol. The second-order valence-corrected chi connectivity index (χ2v) is 7.89. The van der Waals surface area contributed by atoms with Crippen molar-refractivity contribution in [2.45, 2.75) is 4.90 Å². The maximum atomic E-state index is 14.0. The summed E-state index contributed by atoms with van der Waals surface area (Å²) in [4.78, 5) is 14.9. The molecule has 1 amide bonds. The molecule has 128 valence electrons. The SMILES string of the molecule is CN(C)CC(=O)N1CCN(S(=O)(=O)c2cccc(Cl)c2F)CC1. The number of hydrogen-bond acceptors (Lipinski definition) is 4. The lowest BCUT2D eigenvalue weighted by atomic mass is 10.3. The lowest BCUT2D eigenvalue weighted by Crippen LogP contribution is -2.52. The second-order valence-electron chi connectivity index (χ2n) is 5.57. The Kier molecular flexibility index (Phi) is 5.61. The van der Waals surface area contributed by atoms with Crippen LogP contribution in [0.3, 0.4) is 0 Å².